The smallest absolute Gasteiger partial charge is 0.242 e. The van der Waals surface area contributed by atoms with Crippen molar-refractivity contribution in [3.63, 3.8) is 0 Å². The van der Waals surface area contributed by atoms with Crippen LogP contribution in [0.2, 0.25) is 0 Å². The summed E-state index contributed by atoms with van der Waals surface area (Å²) < 4.78 is 10.2. The number of amides is 1. The first-order chi connectivity index (χ1) is 10.5. The number of benzene rings is 1. The molecule has 0 saturated carbocycles. The molecule has 1 amide bonds. The van der Waals surface area contributed by atoms with Crippen LogP contribution in [0.25, 0.3) is 0 Å². The van der Waals surface area contributed by atoms with Crippen molar-refractivity contribution in [2.24, 2.45) is 0 Å². The Bertz CT molecular complexity index is 523. The van der Waals surface area contributed by atoms with E-state index in [1.54, 1.807) is 14.2 Å². The van der Waals surface area contributed by atoms with Crippen LogP contribution < -0.4 is 20.9 Å². The average Bonchev–Trinajstić information content (AvgIpc) is 2.45. The zero-order valence-corrected chi connectivity index (χ0v) is 14.2. The Balaban J connectivity index is 2.47. The van der Waals surface area contributed by atoms with E-state index >= 15 is 0 Å². The van der Waals surface area contributed by atoms with Gasteiger partial charge >= 0.3 is 0 Å². The number of hydrazine groups is 1. The summed E-state index contributed by atoms with van der Waals surface area (Å²) in [5, 5.41) is 3.33. The average molecular weight is 325 g/mol. The van der Waals surface area contributed by atoms with Crippen LogP contribution in [0.5, 0.6) is 5.75 Å². The lowest BCUT2D eigenvalue weighted by atomic mass is 10.1. The van der Waals surface area contributed by atoms with E-state index in [9.17, 15) is 4.79 Å². The Morgan fingerprint density at radius 1 is 1.32 bits per heavy atom. The summed E-state index contributed by atoms with van der Waals surface area (Å²) in [5.74, 6) is 0.489. The first-order valence-electron chi connectivity index (χ1n) is 6.94. The van der Waals surface area contributed by atoms with E-state index in [1.165, 1.54) is 0 Å². The van der Waals surface area contributed by atoms with E-state index in [4.69, 9.17) is 21.7 Å². The summed E-state index contributed by atoms with van der Waals surface area (Å²) in [6.45, 7) is 4.42. The van der Waals surface area contributed by atoms with Crippen LogP contribution in [0.1, 0.15) is 18.1 Å². The van der Waals surface area contributed by atoms with E-state index in [1.807, 2.05) is 32.0 Å². The van der Waals surface area contributed by atoms with Crippen molar-refractivity contribution < 1.29 is 14.3 Å². The molecule has 0 unspecified atom stereocenters. The molecule has 0 aliphatic carbocycles. The number of rotatable bonds is 6. The molecule has 1 atom stereocenters. The first-order valence-corrected chi connectivity index (χ1v) is 7.35. The highest BCUT2D eigenvalue weighted by molar-refractivity contribution is 7.80. The third-order valence-electron chi connectivity index (χ3n) is 2.90. The number of methoxy groups -OCH3 is 2. The molecule has 0 saturated heterocycles. The third kappa shape index (κ3) is 6.28. The minimum atomic E-state index is -0.201. The highest BCUT2D eigenvalue weighted by atomic mass is 32.1. The molecular formula is C15H23N3O3S. The fourth-order valence-electron chi connectivity index (χ4n) is 1.94. The molecule has 22 heavy (non-hydrogen) atoms. The highest BCUT2D eigenvalue weighted by Gasteiger charge is 2.10. The molecule has 0 aliphatic heterocycles. The van der Waals surface area contributed by atoms with Crippen LogP contribution in [0.3, 0.4) is 0 Å². The van der Waals surface area contributed by atoms with Crippen molar-refractivity contribution in [1.29, 1.82) is 0 Å². The standard InChI is InChI=1S/C15H23N3O3S/c1-10-5-6-13(21-4)12(7-10)8-14(19)17-18-15(22)16-11(2)9-20-3/h5-7,11H,8-9H2,1-4H3,(H,17,19)(H2,16,18,22)/t11-/m1/s1. The van der Waals surface area contributed by atoms with Gasteiger partial charge in [0.1, 0.15) is 5.75 Å². The summed E-state index contributed by atoms with van der Waals surface area (Å²) in [4.78, 5) is 12.0. The number of aryl methyl sites for hydroxylation is 1. The van der Waals surface area contributed by atoms with Gasteiger partial charge in [0.15, 0.2) is 5.11 Å². The molecule has 0 aliphatic rings. The lowest BCUT2D eigenvalue weighted by molar-refractivity contribution is -0.121. The Labute approximate surface area is 136 Å². The largest absolute Gasteiger partial charge is 0.496 e. The van der Waals surface area contributed by atoms with Crippen molar-refractivity contribution >= 4 is 23.2 Å². The molecule has 0 radical (unpaired) electrons. The van der Waals surface area contributed by atoms with E-state index in [0.29, 0.717) is 17.5 Å². The van der Waals surface area contributed by atoms with Gasteiger partial charge in [-0.05, 0) is 32.1 Å². The second-order valence-electron chi connectivity index (χ2n) is 5.00. The molecule has 3 N–H and O–H groups in total. The summed E-state index contributed by atoms with van der Waals surface area (Å²) in [6, 6.07) is 5.77. The van der Waals surface area contributed by atoms with Crippen LogP contribution in [-0.4, -0.2) is 37.9 Å². The zero-order chi connectivity index (χ0) is 16.5. The Morgan fingerprint density at radius 3 is 2.68 bits per heavy atom. The number of nitrogens with one attached hydrogen (secondary N) is 3. The van der Waals surface area contributed by atoms with Gasteiger partial charge in [-0.3, -0.25) is 15.6 Å². The molecule has 6 nitrogen and oxygen atoms in total. The first kappa shape index (κ1) is 18.2. The van der Waals surface area contributed by atoms with Gasteiger partial charge in [0.05, 0.1) is 20.1 Å². The summed E-state index contributed by atoms with van der Waals surface area (Å²) in [5.41, 5.74) is 7.13. The van der Waals surface area contributed by atoms with Gasteiger partial charge in [-0.2, -0.15) is 0 Å². The summed E-state index contributed by atoms with van der Waals surface area (Å²) in [7, 11) is 3.20. The molecule has 0 fully saturated rings. The van der Waals surface area contributed by atoms with E-state index in [0.717, 1.165) is 11.1 Å². The summed E-state index contributed by atoms with van der Waals surface area (Å²) >= 11 is 5.08. The molecule has 0 heterocycles. The topological polar surface area (TPSA) is 71.6 Å². The van der Waals surface area contributed by atoms with Gasteiger partial charge in [-0.25, -0.2) is 0 Å². The van der Waals surface area contributed by atoms with Gasteiger partial charge in [-0.1, -0.05) is 17.7 Å². The molecular weight excluding hydrogens is 302 g/mol. The Morgan fingerprint density at radius 2 is 2.05 bits per heavy atom. The molecule has 7 heteroatoms. The van der Waals surface area contributed by atoms with E-state index in [-0.39, 0.29) is 18.4 Å². The number of hydrogen-bond acceptors (Lipinski definition) is 4. The molecule has 1 aromatic carbocycles. The van der Waals surface area contributed by atoms with Crippen molar-refractivity contribution in [1.82, 2.24) is 16.2 Å². The van der Waals surface area contributed by atoms with Gasteiger partial charge < -0.3 is 14.8 Å². The van der Waals surface area contributed by atoms with Crippen LogP contribution in [0, 0.1) is 6.92 Å². The monoisotopic (exact) mass is 325 g/mol. The third-order valence-corrected chi connectivity index (χ3v) is 3.12. The van der Waals surface area contributed by atoms with Crippen molar-refractivity contribution in [2.75, 3.05) is 20.8 Å². The summed E-state index contributed by atoms with van der Waals surface area (Å²) in [6.07, 6.45) is 0.202. The number of carbonyl (C=O) groups excluding carboxylic acids is 1. The van der Waals surface area contributed by atoms with E-state index < -0.39 is 0 Å². The molecule has 1 aromatic rings. The van der Waals surface area contributed by atoms with Crippen molar-refractivity contribution in [3.05, 3.63) is 29.3 Å². The maximum atomic E-state index is 12.0. The van der Waals surface area contributed by atoms with Crippen molar-refractivity contribution in [2.45, 2.75) is 26.3 Å². The predicted molar refractivity (Wildman–Crippen MR) is 89.8 cm³/mol. The maximum Gasteiger partial charge on any atom is 0.242 e. The van der Waals surface area contributed by atoms with Gasteiger partial charge in [-0.15, -0.1) is 0 Å². The van der Waals surface area contributed by atoms with Crippen LogP contribution >= 0.6 is 12.2 Å². The molecule has 0 bridgehead atoms. The van der Waals surface area contributed by atoms with Gasteiger partial charge in [0.2, 0.25) is 5.91 Å². The minimum Gasteiger partial charge on any atom is -0.496 e. The molecule has 0 aromatic heterocycles. The van der Waals surface area contributed by atoms with Gasteiger partial charge in [0, 0.05) is 18.7 Å². The maximum absolute atomic E-state index is 12.0. The SMILES string of the molecule is COC[C@@H](C)NC(=S)NNC(=O)Cc1cc(C)ccc1OC. The van der Waals surface area contributed by atoms with Crippen LogP contribution in [0.4, 0.5) is 0 Å². The van der Waals surface area contributed by atoms with E-state index in [2.05, 4.69) is 16.2 Å². The fourth-order valence-corrected chi connectivity index (χ4v) is 2.19. The molecule has 1 rings (SSSR count). The van der Waals surface area contributed by atoms with Crippen molar-refractivity contribution in [3.8, 4) is 5.75 Å². The Hall–Kier alpha value is -1.86. The predicted octanol–water partition coefficient (Wildman–Crippen LogP) is 1.08. The minimum absolute atomic E-state index is 0.0544. The number of ether oxygens (including phenoxy) is 2. The van der Waals surface area contributed by atoms with Crippen LogP contribution in [-0.2, 0) is 16.0 Å². The fraction of sp³-hybridized carbons (Fsp3) is 0.467. The van der Waals surface area contributed by atoms with Crippen LogP contribution in [0.15, 0.2) is 18.2 Å². The Kier molecular flexibility index (Phi) is 7.62. The quantitative estimate of drug-likeness (QED) is 0.537. The lowest BCUT2D eigenvalue weighted by Crippen LogP contribution is -2.50. The van der Waals surface area contributed by atoms with Gasteiger partial charge in [0.25, 0.3) is 0 Å². The second kappa shape index (κ2) is 9.22. The number of hydrogen-bond donors (Lipinski definition) is 3. The second-order valence-corrected chi connectivity index (χ2v) is 5.40. The molecule has 122 valence electrons. The normalized spacial score (nSPS) is 11.5. The number of thiocarbonyl (C=S) groups is 1. The molecule has 0 spiro atoms. The zero-order valence-electron chi connectivity index (χ0n) is 13.4. The lowest BCUT2D eigenvalue weighted by Gasteiger charge is -2.16. The number of carbonyl (C=O) groups is 1. The highest BCUT2D eigenvalue weighted by Crippen LogP contribution is 2.19.